The van der Waals surface area contributed by atoms with Gasteiger partial charge in [0.05, 0.1) is 5.56 Å². The largest absolute Gasteiger partial charge is 0.439 e. The lowest BCUT2D eigenvalue weighted by molar-refractivity contribution is 0.0710. The second kappa shape index (κ2) is 9.43. The van der Waals surface area contributed by atoms with Crippen LogP contribution in [0.15, 0.2) is 67.1 Å². The average Bonchev–Trinajstić information content (AvgIpc) is 3.40. The Kier molecular flexibility index (Phi) is 6.03. The lowest BCUT2D eigenvalue weighted by atomic mass is 9.95. The van der Waals surface area contributed by atoms with Crippen molar-refractivity contribution < 1.29 is 9.53 Å². The number of likely N-dealkylation sites (tertiary alicyclic amines) is 1. The van der Waals surface area contributed by atoms with E-state index in [4.69, 9.17) is 9.72 Å². The monoisotopic (exact) mass is 454 g/mol. The van der Waals surface area contributed by atoms with Crippen molar-refractivity contribution in [1.82, 2.24) is 29.6 Å². The highest BCUT2D eigenvalue weighted by Gasteiger charge is 2.27. The van der Waals surface area contributed by atoms with Gasteiger partial charge in [0.25, 0.3) is 5.91 Å². The molecule has 1 aromatic carbocycles. The van der Waals surface area contributed by atoms with Gasteiger partial charge in [-0.25, -0.2) is 14.6 Å². The molecule has 3 aromatic heterocycles. The molecule has 172 valence electrons. The minimum absolute atomic E-state index is 0.00768. The molecule has 8 nitrogen and oxygen atoms in total. The Morgan fingerprint density at radius 1 is 1.03 bits per heavy atom. The number of carbonyl (C=O) groups is 1. The van der Waals surface area contributed by atoms with E-state index >= 15 is 0 Å². The molecule has 1 fully saturated rings. The van der Waals surface area contributed by atoms with Crippen LogP contribution >= 0.6 is 0 Å². The van der Waals surface area contributed by atoms with Crippen LogP contribution in [-0.2, 0) is 0 Å². The maximum Gasteiger partial charge on any atom is 0.255 e. The molecule has 34 heavy (non-hydrogen) atoms. The average molecular weight is 455 g/mol. The summed E-state index contributed by atoms with van der Waals surface area (Å²) < 4.78 is 7.71. The van der Waals surface area contributed by atoms with Crippen molar-refractivity contribution in [1.29, 1.82) is 0 Å². The van der Waals surface area contributed by atoms with Crippen LogP contribution in [-0.4, -0.2) is 48.6 Å². The normalized spacial score (nSPS) is 14.2. The smallest absolute Gasteiger partial charge is 0.255 e. The second-order valence-electron chi connectivity index (χ2n) is 8.50. The number of nitrogens with zero attached hydrogens (tertiary/aromatic N) is 6. The molecule has 4 heterocycles. The fourth-order valence-electron chi connectivity index (χ4n) is 4.16. The Hall–Kier alpha value is -4.07. The molecule has 4 aromatic rings. The van der Waals surface area contributed by atoms with E-state index in [0.717, 1.165) is 35.7 Å². The molecule has 0 saturated carbocycles. The zero-order chi connectivity index (χ0) is 23.5. The van der Waals surface area contributed by atoms with Gasteiger partial charge in [-0.3, -0.25) is 4.79 Å². The third-order valence-electron chi connectivity index (χ3n) is 6.04. The third-order valence-corrected chi connectivity index (χ3v) is 6.04. The summed E-state index contributed by atoms with van der Waals surface area (Å²) in [6.07, 6.45) is 6.74. The van der Waals surface area contributed by atoms with Gasteiger partial charge in [-0.2, -0.15) is 10.1 Å². The number of carbonyl (C=O) groups excluding carboxylic acids is 1. The van der Waals surface area contributed by atoms with Gasteiger partial charge in [-0.05, 0) is 56.5 Å². The molecule has 0 bridgehead atoms. The highest BCUT2D eigenvalue weighted by molar-refractivity contribution is 5.94. The first-order valence-corrected chi connectivity index (χ1v) is 11.4. The van der Waals surface area contributed by atoms with Crippen molar-refractivity contribution in [3.63, 3.8) is 0 Å². The van der Waals surface area contributed by atoms with Gasteiger partial charge >= 0.3 is 0 Å². The zero-order valence-corrected chi connectivity index (χ0v) is 19.3. The standard InChI is InChI=1S/C26H26N6O2/c1-18-6-3-4-7-22(18)34-24-16-19(2)29-25(30-24)20-10-14-31(15-11-20)26(33)21-8-9-23(27-17-21)32-13-5-12-28-32/h3-9,12-13,16-17,20H,10-11,14-15H2,1-2H3. The number of para-hydroxylation sites is 1. The summed E-state index contributed by atoms with van der Waals surface area (Å²) in [6, 6.07) is 15.2. The summed E-state index contributed by atoms with van der Waals surface area (Å²) in [5.41, 5.74) is 2.50. The molecule has 0 spiro atoms. The Labute approximate surface area is 198 Å². The quantitative estimate of drug-likeness (QED) is 0.442. The fraction of sp³-hybridized carbons (Fsp3) is 0.269. The predicted molar refractivity (Wildman–Crippen MR) is 127 cm³/mol. The van der Waals surface area contributed by atoms with Crippen molar-refractivity contribution >= 4 is 5.91 Å². The minimum atomic E-state index is -0.00768. The van der Waals surface area contributed by atoms with Crippen molar-refractivity contribution in [2.45, 2.75) is 32.6 Å². The van der Waals surface area contributed by atoms with Crippen LogP contribution in [0.1, 0.15) is 46.2 Å². The van der Waals surface area contributed by atoms with E-state index in [9.17, 15) is 4.79 Å². The molecule has 0 N–H and O–H groups in total. The van der Waals surface area contributed by atoms with E-state index in [1.165, 1.54) is 0 Å². The first-order valence-electron chi connectivity index (χ1n) is 11.4. The highest BCUT2D eigenvalue weighted by Crippen LogP contribution is 2.30. The van der Waals surface area contributed by atoms with Gasteiger partial charge in [0.1, 0.15) is 11.6 Å². The number of piperidine rings is 1. The van der Waals surface area contributed by atoms with E-state index in [1.54, 1.807) is 23.1 Å². The summed E-state index contributed by atoms with van der Waals surface area (Å²) in [5, 5.41) is 4.17. The highest BCUT2D eigenvalue weighted by atomic mass is 16.5. The van der Waals surface area contributed by atoms with E-state index in [-0.39, 0.29) is 11.8 Å². The van der Waals surface area contributed by atoms with Gasteiger partial charge in [-0.15, -0.1) is 0 Å². The topological polar surface area (TPSA) is 86.0 Å². The molecule has 0 aliphatic carbocycles. The molecule has 5 rings (SSSR count). The van der Waals surface area contributed by atoms with Crippen LogP contribution < -0.4 is 4.74 Å². The molecule has 1 aliphatic heterocycles. The molecule has 8 heteroatoms. The molecule has 1 aliphatic rings. The third kappa shape index (κ3) is 4.66. The number of benzene rings is 1. The lowest BCUT2D eigenvalue weighted by Crippen LogP contribution is -2.38. The van der Waals surface area contributed by atoms with E-state index in [0.29, 0.717) is 30.4 Å². The van der Waals surface area contributed by atoms with Crippen molar-refractivity contribution in [3.05, 3.63) is 89.8 Å². The molecular weight excluding hydrogens is 428 g/mol. The van der Waals surface area contributed by atoms with E-state index in [2.05, 4.69) is 15.1 Å². The predicted octanol–water partition coefficient (Wildman–Crippen LogP) is 4.49. The Bertz CT molecular complexity index is 1280. The molecule has 0 atom stereocenters. The number of pyridine rings is 1. The number of rotatable bonds is 5. The summed E-state index contributed by atoms with van der Waals surface area (Å²) in [6.45, 7) is 5.26. The molecular formula is C26H26N6O2. The maximum atomic E-state index is 13.0. The number of hydrogen-bond donors (Lipinski definition) is 0. The van der Waals surface area contributed by atoms with E-state index < -0.39 is 0 Å². The second-order valence-corrected chi connectivity index (χ2v) is 8.50. The Morgan fingerprint density at radius 2 is 1.85 bits per heavy atom. The number of amides is 1. The van der Waals surface area contributed by atoms with Gasteiger partial charge in [0.2, 0.25) is 5.88 Å². The summed E-state index contributed by atoms with van der Waals surface area (Å²) in [4.78, 5) is 28.6. The van der Waals surface area contributed by atoms with Crippen LogP contribution in [0, 0.1) is 13.8 Å². The van der Waals surface area contributed by atoms with Crippen LogP contribution in [0.4, 0.5) is 0 Å². The molecule has 1 amide bonds. The number of aromatic nitrogens is 5. The lowest BCUT2D eigenvalue weighted by Gasteiger charge is -2.31. The number of hydrogen-bond acceptors (Lipinski definition) is 6. The van der Waals surface area contributed by atoms with Gasteiger partial charge in [-0.1, -0.05) is 18.2 Å². The van der Waals surface area contributed by atoms with Crippen LogP contribution in [0.3, 0.4) is 0 Å². The number of ether oxygens (including phenoxy) is 1. The van der Waals surface area contributed by atoms with Crippen molar-refractivity contribution in [3.8, 4) is 17.4 Å². The molecule has 0 radical (unpaired) electrons. The first-order chi connectivity index (χ1) is 16.6. The fourth-order valence-corrected chi connectivity index (χ4v) is 4.16. The Balaban J connectivity index is 1.24. The van der Waals surface area contributed by atoms with Crippen LogP contribution in [0.2, 0.25) is 0 Å². The minimum Gasteiger partial charge on any atom is -0.439 e. The van der Waals surface area contributed by atoms with Crippen LogP contribution in [0.5, 0.6) is 11.6 Å². The zero-order valence-electron chi connectivity index (χ0n) is 19.3. The maximum absolute atomic E-state index is 13.0. The summed E-state index contributed by atoms with van der Waals surface area (Å²) in [5.74, 6) is 2.98. The van der Waals surface area contributed by atoms with E-state index in [1.807, 2.05) is 67.4 Å². The van der Waals surface area contributed by atoms with Gasteiger partial charge < -0.3 is 9.64 Å². The molecule has 1 saturated heterocycles. The molecule has 0 unspecified atom stereocenters. The van der Waals surface area contributed by atoms with Crippen molar-refractivity contribution in [2.24, 2.45) is 0 Å². The van der Waals surface area contributed by atoms with Crippen molar-refractivity contribution in [2.75, 3.05) is 13.1 Å². The van der Waals surface area contributed by atoms with Gasteiger partial charge in [0, 0.05) is 49.4 Å². The SMILES string of the molecule is Cc1cc(Oc2ccccc2C)nc(C2CCN(C(=O)c3ccc(-n4cccn4)nc3)CC2)n1. The Morgan fingerprint density at radius 3 is 2.56 bits per heavy atom. The van der Waals surface area contributed by atoms with Gasteiger partial charge in [0.15, 0.2) is 5.82 Å². The summed E-state index contributed by atoms with van der Waals surface area (Å²) in [7, 11) is 0. The number of aryl methyl sites for hydroxylation is 2. The summed E-state index contributed by atoms with van der Waals surface area (Å²) >= 11 is 0. The van der Waals surface area contributed by atoms with Crippen LogP contribution in [0.25, 0.3) is 5.82 Å². The first kappa shape index (κ1) is 21.8.